The molecule has 0 aromatic heterocycles. The Morgan fingerprint density at radius 2 is 1.65 bits per heavy atom. The summed E-state index contributed by atoms with van der Waals surface area (Å²) in [5.74, 6) is 1.16. The van der Waals surface area contributed by atoms with Crippen LogP contribution in [0.25, 0.3) is 0 Å². The molecule has 1 rings (SSSR count). The maximum atomic E-state index is 12.1. The summed E-state index contributed by atoms with van der Waals surface area (Å²) in [6.45, 7) is 13.0. The van der Waals surface area contributed by atoms with Gasteiger partial charge in [0.05, 0.1) is 0 Å². The average Bonchev–Trinajstić information content (AvgIpc) is 2.45. The summed E-state index contributed by atoms with van der Waals surface area (Å²) >= 11 is 0. The van der Waals surface area contributed by atoms with Crippen molar-refractivity contribution in [1.29, 1.82) is 0 Å². The lowest BCUT2D eigenvalue weighted by molar-refractivity contribution is -0.133. The van der Waals surface area contributed by atoms with E-state index in [4.69, 9.17) is 0 Å². The highest BCUT2D eigenvalue weighted by Crippen LogP contribution is 2.13. The molecule has 1 saturated heterocycles. The third-order valence-electron chi connectivity index (χ3n) is 4.55. The molecule has 118 valence electrons. The summed E-state index contributed by atoms with van der Waals surface area (Å²) in [6.07, 6.45) is 6.79. The number of piperazine rings is 1. The minimum absolute atomic E-state index is 0.373. The molecule has 1 aliphatic rings. The lowest BCUT2D eigenvalue weighted by Crippen LogP contribution is -2.51. The minimum Gasteiger partial charge on any atom is -0.340 e. The van der Waals surface area contributed by atoms with Gasteiger partial charge in [-0.2, -0.15) is 0 Å². The Hall–Kier alpha value is -0.570. The summed E-state index contributed by atoms with van der Waals surface area (Å²) in [6, 6.07) is 0.656. The highest BCUT2D eigenvalue weighted by atomic mass is 16.2. The molecular weight excluding hydrogens is 248 g/mol. The van der Waals surface area contributed by atoms with Gasteiger partial charge in [0.15, 0.2) is 0 Å². The largest absolute Gasteiger partial charge is 0.340 e. The zero-order valence-electron chi connectivity index (χ0n) is 14.0. The SMILES string of the molecule is CCC(C)N1CCN(C(=O)CCCCCC(C)C)CC1. The molecule has 0 radical (unpaired) electrons. The van der Waals surface area contributed by atoms with Crippen LogP contribution in [0.4, 0.5) is 0 Å². The van der Waals surface area contributed by atoms with E-state index in [0.717, 1.165) is 44.9 Å². The first kappa shape index (κ1) is 17.5. The third-order valence-corrected chi connectivity index (χ3v) is 4.55. The number of amides is 1. The molecular formula is C17H34N2O. The van der Waals surface area contributed by atoms with Crippen LogP contribution in [0, 0.1) is 5.92 Å². The fraction of sp³-hybridized carbons (Fsp3) is 0.941. The van der Waals surface area contributed by atoms with E-state index in [2.05, 4.69) is 37.5 Å². The lowest BCUT2D eigenvalue weighted by Gasteiger charge is -2.37. The van der Waals surface area contributed by atoms with Crippen LogP contribution in [0.5, 0.6) is 0 Å². The molecule has 1 unspecified atom stereocenters. The molecule has 3 heteroatoms. The molecule has 0 aromatic rings. The number of carbonyl (C=O) groups excluding carboxylic acids is 1. The molecule has 0 saturated carbocycles. The van der Waals surface area contributed by atoms with Crippen LogP contribution in [-0.4, -0.2) is 47.9 Å². The van der Waals surface area contributed by atoms with E-state index in [-0.39, 0.29) is 0 Å². The van der Waals surface area contributed by atoms with Gasteiger partial charge in [-0.1, -0.05) is 40.0 Å². The summed E-state index contributed by atoms with van der Waals surface area (Å²) in [5, 5.41) is 0. The van der Waals surface area contributed by atoms with Crippen LogP contribution in [0.3, 0.4) is 0 Å². The Morgan fingerprint density at radius 3 is 2.20 bits per heavy atom. The lowest BCUT2D eigenvalue weighted by atomic mass is 10.0. The highest BCUT2D eigenvalue weighted by molar-refractivity contribution is 5.76. The predicted molar refractivity (Wildman–Crippen MR) is 85.8 cm³/mol. The zero-order valence-corrected chi connectivity index (χ0v) is 14.0. The smallest absolute Gasteiger partial charge is 0.222 e. The quantitative estimate of drug-likeness (QED) is 0.636. The second kappa shape index (κ2) is 9.38. The Balaban J connectivity index is 2.13. The van der Waals surface area contributed by atoms with Crippen LogP contribution in [0.15, 0.2) is 0 Å². The van der Waals surface area contributed by atoms with Crippen molar-refractivity contribution in [1.82, 2.24) is 9.80 Å². The van der Waals surface area contributed by atoms with E-state index < -0.39 is 0 Å². The fourth-order valence-electron chi connectivity index (χ4n) is 2.83. The maximum Gasteiger partial charge on any atom is 0.222 e. The van der Waals surface area contributed by atoms with E-state index >= 15 is 0 Å². The number of hydrogen-bond donors (Lipinski definition) is 0. The summed E-state index contributed by atoms with van der Waals surface area (Å²) < 4.78 is 0. The monoisotopic (exact) mass is 282 g/mol. The van der Waals surface area contributed by atoms with Crippen molar-refractivity contribution in [2.75, 3.05) is 26.2 Å². The van der Waals surface area contributed by atoms with Crippen LogP contribution in [-0.2, 0) is 4.79 Å². The molecule has 0 aliphatic carbocycles. The maximum absolute atomic E-state index is 12.1. The van der Waals surface area contributed by atoms with Crippen LogP contribution in [0.1, 0.15) is 66.2 Å². The van der Waals surface area contributed by atoms with Crippen molar-refractivity contribution >= 4 is 5.91 Å². The van der Waals surface area contributed by atoms with E-state index in [9.17, 15) is 4.79 Å². The fourth-order valence-corrected chi connectivity index (χ4v) is 2.83. The Labute approximate surface area is 125 Å². The van der Waals surface area contributed by atoms with Gasteiger partial charge >= 0.3 is 0 Å². The van der Waals surface area contributed by atoms with Gasteiger partial charge in [-0.25, -0.2) is 0 Å². The molecule has 20 heavy (non-hydrogen) atoms. The van der Waals surface area contributed by atoms with Gasteiger partial charge in [0, 0.05) is 38.6 Å². The van der Waals surface area contributed by atoms with Gasteiger partial charge in [-0.05, 0) is 25.7 Å². The summed E-state index contributed by atoms with van der Waals surface area (Å²) in [5.41, 5.74) is 0. The molecule has 0 N–H and O–H groups in total. The van der Waals surface area contributed by atoms with Crippen molar-refractivity contribution in [3.05, 3.63) is 0 Å². The normalized spacial score (nSPS) is 18.6. The van der Waals surface area contributed by atoms with Gasteiger partial charge in [0.2, 0.25) is 5.91 Å². The first-order valence-corrected chi connectivity index (χ1v) is 8.56. The molecule has 0 aromatic carbocycles. The molecule has 1 amide bonds. The van der Waals surface area contributed by atoms with E-state index in [1.807, 2.05) is 0 Å². The first-order valence-electron chi connectivity index (χ1n) is 8.56. The molecule has 0 bridgehead atoms. The Bertz CT molecular complexity index is 270. The molecule has 3 nitrogen and oxygen atoms in total. The van der Waals surface area contributed by atoms with Crippen LogP contribution >= 0.6 is 0 Å². The molecule has 0 spiro atoms. The minimum atomic E-state index is 0.373. The number of rotatable bonds is 8. The molecule has 1 fully saturated rings. The van der Waals surface area contributed by atoms with Crippen LogP contribution in [0.2, 0.25) is 0 Å². The molecule has 1 atom stereocenters. The van der Waals surface area contributed by atoms with Crippen molar-refractivity contribution in [3.8, 4) is 0 Å². The van der Waals surface area contributed by atoms with Crippen molar-refractivity contribution in [3.63, 3.8) is 0 Å². The number of nitrogens with zero attached hydrogens (tertiary/aromatic N) is 2. The zero-order chi connectivity index (χ0) is 15.0. The number of unbranched alkanes of at least 4 members (excludes halogenated alkanes) is 2. The van der Waals surface area contributed by atoms with Gasteiger partial charge in [-0.3, -0.25) is 9.69 Å². The third kappa shape index (κ3) is 6.25. The van der Waals surface area contributed by atoms with Crippen molar-refractivity contribution in [2.24, 2.45) is 5.92 Å². The van der Waals surface area contributed by atoms with Crippen molar-refractivity contribution < 1.29 is 4.79 Å². The summed E-state index contributed by atoms with van der Waals surface area (Å²) in [7, 11) is 0. The van der Waals surface area contributed by atoms with E-state index in [1.165, 1.54) is 25.7 Å². The average molecular weight is 282 g/mol. The topological polar surface area (TPSA) is 23.6 Å². The second-order valence-electron chi connectivity index (χ2n) is 6.67. The first-order chi connectivity index (χ1) is 9.54. The molecule has 1 heterocycles. The summed E-state index contributed by atoms with van der Waals surface area (Å²) in [4.78, 5) is 16.7. The number of hydrogen-bond acceptors (Lipinski definition) is 2. The van der Waals surface area contributed by atoms with Gasteiger partial charge in [-0.15, -0.1) is 0 Å². The molecule has 1 aliphatic heterocycles. The van der Waals surface area contributed by atoms with Gasteiger partial charge in [0.1, 0.15) is 0 Å². The Kier molecular flexibility index (Phi) is 8.20. The van der Waals surface area contributed by atoms with Gasteiger partial charge < -0.3 is 4.90 Å². The van der Waals surface area contributed by atoms with Crippen molar-refractivity contribution in [2.45, 2.75) is 72.3 Å². The van der Waals surface area contributed by atoms with E-state index in [0.29, 0.717) is 11.9 Å². The predicted octanol–water partition coefficient (Wildman–Crippen LogP) is 3.54. The van der Waals surface area contributed by atoms with E-state index in [1.54, 1.807) is 0 Å². The Morgan fingerprint density at radius 1 is 1.00 bits per heavy atom. The standard InChI is InChI=1S/C17H34N2O/c1-5-16(4)18-11-13-19(14-12-18)17(20)10-8-6-7-9-15(2)3/h15-16H,5-14H2,1-4H3. The van der Waals surface area contributed by atoms with Gasteiger partial charge in [0.25, 0.3) is 0 Å². The van der Waals surface area contributed by atoms with Crippen LogP contribution < -0.4 is 0 Å². The highest BCUT2D eigenvalue weighted by Gasteiger charge is 2.22. The second-order valence-corrected chi connectivity index (χ2v) is 6.67. The number of carbonyl (C=O) groups is 1.